The molecule has 1 atom stereocenters. The van der Waals surface area contributed by atoms with Crippen molar-refractivity contribution >= 4 is 28.6 Å². The third kappa shape index (κ3) is 3.21. The van der Waals surface area contributed by atoms with E-state index in [-0.39, 0.29) is 11.9 Å². The van der Waals surface area contributed by atoms with Crippen LogP contribution < -0.4 is 5.32 Å². The number of rotatable bonds is 3. The molecule has 0 saturated heterocycles. The van der Waals surface area contributed by atoms with E-state index in [1.54, 1.807) is 16.8 Å². The number of hydrogen-bond acceptors (Lipinski definition) is 7. The van der Waals surface area contributed by atoms with E-state index in [0.717, 1.165) is 53.9 Å². The second-order valence-electron chi connectivity index (χ2n) is 6.11. The molecule has 0 radical (unpaired) electrons. The molecule has 0 fully saturated rings. The minimum Gasteiger partial charge on any atom is -0.348 e. The SMILES string of the molecule is Cc1nc(-c2nnc3n2CCC(NC(=O)c2scnc2C)CC3)cs1. The van der Waals surface area contributed by atoms with E-state index in [0.29, 0.717) is 4.88 Å². The van der Waals surface area contributed by atoms with Gasteiger partial charge >= 0.3 is 0 Å². The molecule has 1 N–H and O–H groups in total. The quantitative estimate of drug-likeness (QED) is 0.762. The normalized spacial score (nSPS) is 17.1. The first kappa shape index (κ1) is 16.3. The lowest BCUT2D eigenvalue weighted by atomic mass is 10.1. The minimum absolute atomic E-state index is 0.0296. The molecule has 4 rings (SSSR count). The van der Waals surface area contributed by atoms with Gasteiger partial charge in [-0.1, -0.05) is 0 Å². The minimum atomic E-state index is -0.0296. The van der Waals surface area contributed by atoms with Crippen molar-refractivity contribution in [3.63, 3.8) is 0 Å². The first-order chi connectivity index (χ1) is 12.1. The molecule has 25 heavy (non-hydrogen) atoms. The monoisotopic (exact) mass is 374 g/mol. The summed E-state index contributed by atoms with van der Waals surface area (Å²) in [7, 11) is 0. The van der Waals surface area contributed by atoms with Gasteiger partial charge in [0.2, 0.25) is 0 Å². The number of nitrogens with zero attached hydrogens (tertiary/aromatic N) is 5. The number of thiazole rings is 2. The number of carbonyl (C=O) groups excluding carboxylic acids is 1. The Kier molecular flexibility index (Phi) is 4.34. The molecule has 1 unspecified atom stereocenters. The molecule has 3 aromatic heterocycles. The number of aromatic nitrogens is 5. The van der Waals surface area contributed by atoms with E-state index in [2.05, 4.69) is 30.0 Å². The fraction of sp³-hybridized carbons (Fsp3) is 0.438. The Balaban J connectivity index is 1.48. The Labute approximate surface area is 153 Å². The van der Waals surface area contributed by atoms with Crippen molar-refractivity contribution in [2.24, 2.45) is 0 Å². The smallest absolute Gasteiger partial charge is 0.263 e. The fourth-order valence-corrected chi connectivity index (χ4v) is 4.36. The number of amides is 1. The lowest BCUT2D eigenvalue weighted by molar-refractivity contribution is 0.0936. The fourth-order valence-electron chi connectivity index (χ4n) is 3.06. The van der Waals surface area contributed by atoms with Crippen LogP contribution in [0.15, 0.2) is 10.9 Å². The highest BCUT2D eigenvalue weighted by atomic mass is 32.1. The van der Waals surface area contributed by atoms with Crippen LogP contribution in [0.1, 0.15) is 39.0 Å². The maximum atomic E-state index is 12.4. The molecule has 0 aromatic carbocycles. The van der Waals surface area contributed by atoms with E-state index in [1.165, 1.54) is 11.3 Å². The van der Waals surface area contributed by atoms with E-state index in [1.807, 2.05) is 19.2 Å². The van der Waals surface area contributed by atoms with Gasteiger partial charge in [-0.15, -0.1) is 32.9 Å². The van der Waals surface area contributed by atoms with Gasteiger partial charge in [-0.3, -0.25) is 4.79 Å². The van der Waals surface area contributed by atoms with Gasteiger partial charge in [0, 0.05) is 24.4 Å². The van der Waals surface area contributed by atoms with Gasteiger partial charge in [-0.25, -0.2) is 9.97 Å². The predicted octanol–water partition coefficient (Wildman–Crippen LogP) is 2.61. The van der Waals surface area contributed by atoms with Gasteiger partial charge in [0.1, 0.15) is 16.4 Å². The van der Waals surface area contributed by atoms with E-state index < -0.39 is 0 Å². The van der Waals surface area contributed by atoms with Gasteiger partial charge in [0.25, 0.3) is 5.91 Å². The summed E-state index contributed by atoms with van der Waals surface area (Å²) in [4.78, 5) is 21.8. The molecule has 0 bridgehead atoms. The third-order valence-corrected chi connectivity index (χ3v) is 6.08. The summed E-state index contributed by atoms with van der Waals surface area (Å²) < 4.78 is 2.14. The maximum Gasteiger partial charge on any atom is 0.263 e. The summed E-state index contributed by atoms with van der Waals surface area (Å²) in [6.07, 6.45) is 2.51. The van der Waals surface area contributed by atoms with Crippen LogP contribution in [0.2, 0.25) is 0 Å². The van der Waals surface area contributed by atoms with Crippen LogP contribution in [-0.4, -0.2) is 36.7 Å². The molecule has 1 aliphatic heterocycles. The predicted molar refractivity (Wildman–Crippen MR) is 96.9 cm³/mol. The first-order valence-corrected chi connectivity index (χ1v) is 9.93. The van der Waals surface area contributed by atoms with Crippen molar-refractivity contribution in [3.05, 3.63) is 32.3 Å². The molecule has 0 saturated carbocycles. The van der Waals surface area contributed by atoms with Gasteiger partial charge in [-0.05, 0) is 26.7 Å². The molecular formula is C16H18N6OS2. The second kappa shape index (κ2) is 6.64. The molecular weight excluding hydrogens is 356 g/mol. The topological polar surface area (TPSA) is 85.6 Å². The van der Waals surface area contributed by atoms with Crippen LogP contribution in [0.3, 0.4) is 0 Å². The summed E-state index contributed by atoms with van der Waals surface area (Å²) >= 11 is 3.00. The standard InChI is InChI=1S/C16H18N6OS2/c1-9-14(25-8-17-9)16(23)19-11-3-4-13-20-21-15(22(13)6-5-11)12-7-24-10(2)18-12/h7-8,11H,3-6H2,1-2H3,(H,19,23). The summed E-state index contributed by atoms with van der Waals surface area (Å²) in [5.74, 6) is 1.76. The Bertz CT molecular complexity index is 912. The molecule has 1 amide bonds. The average Bonchev–Trinajstić information content (AvgIpc) is 3.27. The highest BCUT2D eigenvalue weighted by Gasteiger charge is 2.24. The molecule has 3 aromatic rings. The number of aryl methyl sites for hydroxylation is 3. The molecule has 9 heteroatoms. The van der Waals surface area contributed by atoms with E-state index in [4.69, 9.17) is 0 Å². The molecule has 7 nitrogen and oxygen atoms in total. The van der Waals surface area contributed by atoms with Crippen molar-refractivity contribution < 1.29 is 4.79 Å². The van der Waals surface area contributed by atoms with Gasteiger partial charge < -0.3 is 9.88 Å². The zero-order chi connectivity index (χ0) is 17.4. The average molecular weight is 374 g/mol. The van der Waals surface area contributed by atoms with Crippen LogP contribution in [0.25, 0.3) is 11.5 Å². The Morgan fingerprint density at radius 1 is 1.28 bits per heavy atom. The van der Waals surface area contributed by atoms with Crippen LogP contribution >= 0.6 is 22.7 Å². The Morgan fingerprint density at radius 3 is 2.88 bits per heavy atom. The molecule has 0 spiro atoms. The van der Waals surface area contributed by atoms with Crippen LogP contribution in [-0.2, 0) is 13.0 Å². The number of nitrogens with one attached hydrogen (secondary N) is 1. The maximum absolute atomic E-state index is 12.4. The summed E-state index contributed by atoms with van der Waals surface area (Å²) in [6.45, 7) is 4.63. The van der Waals surface area contributed by atoms with Gasteiger partial charge in [0.15, 0.2) is 5.82 Å². The second-order valence-corrected chi connectivity index (χ2v) is 8.02. The molecule has 0 aliphatic carbocycles. The lowest BCUT2D eigenvalue weighted by Crippen LogP contribution is -2.35. The van der Waals surface area contributed by atoms with Crippen molar-refractivity contribution in [3.8, 4) is 11.5 Å². The van der Waals surface area contributed by atoms with Crippen LogP contribution in [0, 0.1) is 13.8 Å². The summed E-state index contributed by atoms with van der Waals surface area (Å²) in [5.41, 5.74) is 3.37. The first-order valence-electron chi connectivity index (χ1n) is 8.17. The Hall–Kier alpha value is -2.13. The zero-order valence-electron chi connectivity index (χ0n) is 14.0. The molecule has 4 heterocycles. The summed E-state index contributed by atoms with van der Waals surface area (Å²) in [5, 5.41) is 14.8. The van der Waals surface area contributed by atoms with Crippen molar-refractivity contribution in [1.82, 2.24) is 30.0 Å². The zero-order valence-corrected chi connectivity index (χ0v) is 15.7. The molecule has 1 aliphatic rings. The van der Waals surface area contributed by atoms with Crippen molar-refractivity contribution in [2.45, 2.75) is 45.7 Å². The highest BCUT2D eigenvalue weighted by molar-refractivity contribution is 7.11. The van der Waals surface area contributed by atoms with Crippen molar-refractivity contribution in [1.29, 1.82) is 0 Å². The number of hydrogen-bond donors (Lipinski definition) is 1. The summed E-state index contributed by atoms with van der Waals surface area (Å²) in [6, 6.07) is 0.126. The van der Waals surface area contributed by atoms with E-state index >= 15 is 0 Å². The molecule has 130 valence electrons. The van der Waals surface area contributed by atoms with Crippen LogP contribution in [0.4, 0.5) is 0 Å². The van der Waals surface area contributed by atoms with Crippen LogP contribution in [0.5, 0.6) is 0 Å². The highest BCUT2D eigenvalue weighted by Crippen LogP contribution is 2.24. The van der Waals surface area contributed by atoms with Gasteiger partial charge in [0.05, 0.1) is 16.2 Å². The largest absolute Gasteiger partial charge is 0.348 e. The van der Waals surface area contributed by atoms with Gasteiger partial charge in [-0.2, -0.15) is 0 Å². The van der Waals surface area contributed by atoms with Crippen molar-refractivity contribution in [2.75, 3.05) is 0 Å². The number of carbonyl (C=O) groups is 1. The third-order valence-electron chi connectivity index (χ3n) is 4.38. The lowest BCUT2D eigenvalue weighted by Gasteiger charge is -2.15. The Morgan fingerprint density at radius 2 is 2.16 bits per heavy atom. The van der Waals surface area contributed by atoms with E-state index in [9.17, 15) is 4.79 Å². The number of fused-ring (bicyclic) bond motifs is 1.